The van der Waals surface area contributed by atoms with E-state index < -0.39 is 5.63 Å². The fraction of sp³-hybridized carbons (Fsp3) is 0.429. The lowest BCUT2D eigenvalue weighted by Gasteiger charge is -2.35. The average molecular weight is 354 g/mol. The summed E-state index contributed by atoms with van der Waals surface area (Å²) in [6, 6.07) is 11.9. The predicted molar refractivity (Wildman–Crippen MR) is 101 cm³/mol. The minimum Gasteiger partial charge on any atom is -0.427 e. The Hall–Kier alpha value is -2.40. The summed E-state index contributed by atoms with van der Waals surface area (Å²) in [5.41, 5.74) is 7.28. The van der Waals surface area contributed by atoms with Crippen molar-refractivity contribution < 1.29 is 9.21 Å². The molecule has 26 heavy (non-hydrogen) atoms. The first-order valence-corrected chi connectivity index (χ1v) is 9.28. The molecule has 0 aliphatic carbocycles. The number of likely N-dealkylation sites (tertiary alicyclic amines) is 1. The number of rotatable bonds is 5. The van der Waals surface area contributed by atoms with Crippen LogP contribution in [0.4, 0.5) is 0 Å². The molecule has 1 aromatic heterocycles. The first-order valence-electron chi connectivity index (χ1n) is 9.28. The molecule has 2 N–H and O–H groups in total. The van der Waals surface area contributed by atoms with Crippen LogP contribution in [0.1, 0.15) is 46.5 Å². The van der Waals surface area contributed by atoms with E-state index in [2.05, 4.69) is 0 Å². The van der Waals surface area contributed by atoms with E-state index in [0.29, 0.717) is 30.8 Å². The highest BCUT2D eigenvalue weighted by Gasteiger charge is 2.29. The van der Waals surface area contributed by atoms with Crippen molar-refractivity contribution in [3.63, 3.8) is 0 Å². The molecule has 1 atom stereocenters. The summed E-state index contributed by atoms with van der Waals surface area (Å²) in [6.45, 7) is 2.87. The van der Waals surface area contributed by atoms with Gasteiger partial charge in [0.15, 0.2) is 0 Å². The van der Waals surface area contributed by atoms with Crippen LogP contribution in [0.3, 0.4) is 0 Å². The molecule has 1 aromatic carbocycles. The highest BCUT2D eigenvalue weighted by atomic mass is 16.4. The quantitative estimate of drug-likeness (QED) is 0.896. The number of nitrogens with zero attached hydrogens (tertiary/aromatic N) is 1. The lowest BCUT2D eigenvalue weighted by molar-refractivity contribution is 0.0617. The fourth-order valence-electron chi connectivity index (χ4n) is 3.62. The molecule has 138 valence electrons. The second-order valence-electron chi connectivity index (χ2n) is 6.93. The summed E-state index contributed by atoms with van der Waals surface area (Å²) < 4.78 is 5.46. The third-order valence-corrected chi connectivity index (χ3v) is 5.08. The molecule has 1 amide bonds. The summed E-state index contributed by atoms with van der Waals surface area (Å²) in [5, 5.41) is 0. The Morgan fingerprint density at radius 2 is 2.00 bits per heavy atom. The van der Waals surface area contributed by atoms with Crippen molar-refractivity contribution in [2.24, 2.45) is 5.73 Å². The molecule has 1 unspecified atom stereocenters. The van der Waals surface area contributed by atoms with Crippen molar-refractivity contribution in [1.29, 1.82) is 0 Å². The number of benzene rings is 1. The Bertz CT molecular complexity index is 814. The molecule has 0 radical (unpaired) electrons. The number of carbonyl (C=O) groups is 1. The number of amides is 1. The largest absolute Gasteiger partial charge is 0.427 e. The van der Waals surface area contributed by atoms with Gasteiger partial charge in [-0.25, -0.2) is 4.79 Å². The van der Waals surface area contributed by atoms with Gasteiger partial charge in [0.05, 0.1) is 0 Å². The molecule has 1 aliphatic heterocycles. The molecule has 5 nitrogen and oxygen atoms in total. The van der Waals surface area contributed by atoms with Crippen LogP contribution >= 0.6 is 0 Å². The van der Waals surface area contributed by atoms with Gasteiger partial charge in [-0.05, 0) is 49.8 Å². The van der Waals surface area contributed by atoms with E-state index in [0.717, 1.165) is 25.7 Å². The molecule has 1 saturated heterocycles. The molecular formula is C21H26N2O3. The maximum atomic E-state index is 12.9. The molecule has 2 heterocycles. The monoisotopic (exact) mass is 354 g/mol. The number of piperidine rings is 1. The number of aryl methyl sites for hydroxylation is 3. The number of carbonyl (C=O) groups excluding carboxylic acids is 1. The molecule has 1 fully saturated rings. The topological polar surface area (TPSA) is 76.5 Å². The Morgan fingerprint density at radius 1 is 1.23 bits per heavy atom. The van der Waals surface area contributed by atoms with Crippen molar-refractivity contribution >= 4 is 5.91 Å². The Morgan fingerprint density at radius 3 is 2.69 bits per heavy atom. The second-order valence-corrected chi connectivity index (χ2v) is 6.93. The fourth-order valence-corrected chi connectivity index (χ4v) is 3.62. The Balaban J connectivity index is 1.78. The molecule has 0 saturated carbocycles. The van der Waals surface area contributed by atoms with Crippen molar-refractivity contribution in [2.75, 3.05) is 13.1 Å². The number of hydrogen-bond donors (Lipinski definition) is 1. The maximum absolute atomic E-state index is 12.9. The van der Waals surface area contributed by atoms with Crippen LogP contribution in [-0.2, 0) is 12.8 Å². The average Bonchev–Trinajstić information content (AvgIpc) is 2.66. The lowest BCUT2D eigenvalue weighted by Crippen LogP contribution is -2.48. The van der Waals surface area contributed by atoms with Gasteiger partial charge >= 0.3 is 5.63 Å². The minimum absolute atomic E-state index is 0.00723. The normalized spacial score (nSPS) is 17.3. The third-order valence-electron chi connectivity index (χ3n) is 5.08. The van der Waals surface area contributed by atoms with Gasteiger partial charge in [-0.15, -0.1) is 0 Å². The van der Waals surface area contributed by atoms with Gasteiger partial charge in [0.1, 0.15) is 11.3 Å². The van der Waals surface area contributed by atoms with Crippen molar-refractivity contribution in [2.45, 2.75) is 45.1 Å². The SMILES string of the molecule is Cc1cc(CCc2ccccc2)oc(=O)c1C(=O)N1CCCCC1CN. The summed E-state index contributed by atoms with van der Waals surface area (Å²) in [7, 11) is 0. The molecule has 5 heteroatoms. The zero-order chi connectivity index (χ0) is 18.5. The van der Waals surface area contributed by atoms with E-state index in [4.69, 9.17) is 10.2 Å². The number of hydrogen-bond acceptors (Lipinski definition) is 4. The third kappa shape index (κ3) is 4.05. The molecular weight excluding hydrogens is 328 g/mol. The zero-order valence-electron chi connectivity index (χ0n) is 15.2. The standard InChI is InChI=1S/C21H26N2O3/c1-15-13-18(11-10-16-7-3-2-4-8-16)26-21(25)19(15)20(24)23-12-6-5-9-17(23)14-22/h2-4,7-8,13,17H,5-6,9-12,14,22H2,1H3. The van der Waals surface area contributed by atoms with Crippen LogP contribution in [0.2, 0.25) is 0 Å². The van der Waals surface area contributed by atoms with Crippen LogP contribution in [0.5, 0.6) is 0 Å². The van der Waals surface area contributed by atoms with E-state index in [1.807, 2.05) is 36.4 Å². The number of nitrogens with two attached hydrogens (primary N) is 1. The van der Waals surface area contributed by atoms with Gasteiger partial charge in [0.25, 0.3) is 5.91 Å². The van der Waals surface area contributed by atoms with Gasteiger partial charge in [-0.3, -0.25) is 4.79 Å². The summed E-state index contributed by atoms with van der Waals surface area (Å²) in [4.78, 5) is 27.2. The van der Waals surface area contributed by atoms with Crippen LogP contribution < -0.4 is 11.4 Å². The van der Waals surface area contributed by atoms with Crippen molar-refractivity contribution in [1.82, 2.24) is 4.90 Å². The zero-order valence-corrected chi connectivity index (χ0v) is 15.2. The van der Waals surface area contributed by atoms with E-state index in [-0.39, 0.29) is 17.5 Å². The summed E-state index contributed by atoms with van der Waals surface area (Å²) in [5.74, 6) is 0.364. The van der Waals surface area contributed by atoms with E-state index in [1.165, 1.54) is 5.56 Å². The molecule has 3 rings (SSSR count). The molecule has 0 spiro atoms. The Labute approximate surface area is 153 Å². The smallest absolute Gasteiger partial charge is 0.349 e. The first-order chi connectivity index (χ1) is 12.6. The second kappa shape index (κ2) is 8.32. The molecule has 2 aromatic rings. The van der Waals surface area contributed by atoms with Crippen molar-refractivity contribution in [3.8, 4) is 0 Å². The first kappa shape index (κ1) is 18.4. The van der Waals surface area contributed by atoms with Crippen molar-refractivity contribution in [3.05, 3.63) is 69.3 Å². The van der Waals surface area contributed by atoms with Gasteiger partial charge in [0.2, 0.25) is 0 Å². The minimum atomic E-state index is -0.542. The van der Waals surface area contributed by atoms with Crippen LogP contribution in [0, 0.1) is 6.92 Å². The van der Waals surface area contributed by atoms with E-state index in [9.17, 15) is 9.59 Å². The van der Waals surface area contributed by atoms with Crippen LogP contribution in [-0.4, -0.2) is 29.9 Å². The van der Waals surface area contributed by atoms with Crippen LogP contribution in [0.15, 0.2) is 45.6 Å². The summed E-state index contributed by atoms with van der Waals surface area (Å²) in [6.07, 6.45) is 4.32. The van der Waals surface area contributed by atoms with Gasteiger partial charge in [-0.2, -0.15) is 0 Å². The Kier molecular flexibility index (Phi) is 5.89. The maximum Gasteiger partial charge on any atom is 0.349 e. The van der Waals surface area contributed by atoms with Gasteiger partial charge in [0, 0.05) is 25.6 Å². The lowest BCUT2D eigenvalue weighted by atomic mass is 10.00. The highest BCUT2D eigenvalue weighted by molar-refractivity contribution is 5.95. The highest BCUT2D eigenvalue weighted by Crippen LogP contribution is 2.20. The van der Waals surface area contributed by atoms with Crippen LogP contribution in [0.25, 0.3) is 0 Å². The predicted octanol–water partition coefficient (Wildman–Crippen LogP) is 2.69. The molecule has 0 bridgehead atoms. The summed E-state index contributed by atoms with van der Waals surface area (Å²) >= 11 is 0. The van der Waals surface area contributed by atoms with Gasteiger partial charge < -0.3 is 15.1 Å². The van der Waals surface area contributed by atoms with Gasteiger partial charge in [-0.1, -0.05) is 30.3 Å². The van der Waals surface area contributed by atoms with E-state index >= 15 is 0 Å². The van der Waals surface area contributed by atoms with E-state index in [1.54, 1.807) is 11.8 Å². The molecule has 1 aliphatic rings.